The lowest BCUT2D eigenvalue weighted by molar-refractivity contribution is -0.0907. The first-order chi connectivity index (χ1) is 12.4. The maximum Gasteiger partial charge on any atom is 0.124 e. The molecule has 156 valence electrons. The monoisotopic (exact) mass is 385 g/mol. The summed E-state index contributed by atoms with van der Waals surface area (Å²) in [5, 5.41) is 50.4. The lowest BCUT2D eigenvalue weighted by atomic mass is 10.0. The molecule has 4 unspecified atom stereocenters. The first kappa shape index (κ1) is 23.8. The van der Waals surface area contributed by atoms with E-state index >= 15 is 0 Å². The number of phenols is 1. The van der Waals surface area contributed by atoms with E-state index in [-0.39, 0.29) is 18.8 Å². The Bertz CT molecular complexity index is 532. The summed E-state index contributed by atoms with van der Waals surface area (Å²) in [5.41, 5.74) is 2.06. The summed E-state index contributed by atoms with van der Waals surface area (Å²) in [5.74, 6) is 0.0232. The SMILES string of the molecule is CC(O)N(Cc1cc(CN(C)C)cc(CN(C(C)O)C(C)O)c1O)C(C)O. The predicted molar refractivity (Wildman–Crippen MR) is 103 cm³/mol. The number of hydrogen-bond donors (Lipinski definition) is 5. The molecule has 0 heterocycles. The minimum absolute atomic E-state index is 0.0232. The van der Waals surface area contributed by atoms with Gasteiger partial charge in [-0.05, 0) is 59.5 Å². The van der Waals surface area contributed by atoms with Gasteiger partial charge in [0, 0.05) is 30.8 Å². The van der Waals surface area contributed by atoms with Crippen LogP contribution >= 0.6 is 0 Å². The summed E-state index contributed by atoms with van der Waals surface area (Å²) in [6, 6.07) is 3.68. The molecule has 0 aromatic heterocycles. The second kappa shape index (κ2) is 10.3. The van der Waals surface area contributed by atoms with Crippen LogP contribution in [-0.4, -0.2) is 79.2 Å². The molecule has 5 N–H and O–H groups in total. The Morgan fingerprint density at radius 1 is 0.704 bits per heavy atom. The molecule has 0 saturated heterocycles. The quantitative estimate of drug-likeness (QED) is 0.368. The van der Waals surface area contributed by atoms with Gasteiger partial charge in [0.15, 0.2) is 0 Å². The van der Waals surface area contributed by atoms with Gasteiger partial charge in [-0.1, -0.05) is 0 Å². The van der Waals surface area contributed by atoms with Crippen LogP contribution in [0.1, 0.15) is 44.4 Å². The van der Waals surface area contributed by atoms with Crippen molar-refractivity contribution in [2.24, 2.45) is 0 Å². The molecular formula is C19H35N3O5. The first-order valence-electron chi connectivity index (χ1n) is 9.16. The molecule has 0 bridgehead atoms. The summed E-state index contributed by atoms with van der Waals surface area (Å²) in [6.45, 7) is 7.15. The Hall–Kier alpha value is -1.26. The lowest BCUT2D eigenvalue weighted by Gasteiger charge is -2.31. The van der Waals surface area contributed by atoms with Crippen LogP contribution in [0.25, 0.3) is 0 Å². The molecule has 27 heavy (non-hydrogen) atoms. The van der Waals surface area contributed by atoms with Crippen LogP contribution < -0.4 is 0 Å². The zero-order chi connectivity index (χ0) is 20.9. The lowest BCUT2D eigenvalue weighted by Crippen LogP contribution is -2.40. The van der Waals surface area contributed by atoms with Gasteiger partial charge in [-0.3, -0.25) is 0 Å². The second-order valence-electron chi connectivity index (χ2n) is 7.37. The maximum absolute atomic E-state index is 10.8. The van der Waals surface area contributed by atoms with E-state index in [0.717, 1.165) is 5.56 Å². The number of hydrogen-bond acceptors (Lipinski definition) is 8. The molecule has 0 aliphatic heterocycles. The van der Waals surface area contributed by atoms with Crippen molar-refractivity contribution in [3.8, 4) is 5.75 Å². The highest BCUT2D eigenvalue weighted by molar-refractivity contribution is 5.44. The minimum atomic E-state index is -0.892. The average molecular weight is 386 g/mol. The maximum atomic E-state index is 10.8. The Morgan fingerprint density at radius 3 is 1.30 bits per heavy atom. The third-order valence-electron chi connectivity index (χ3n) is 4.45. The van der Waals surface area contributed by atoms with Gasteiger partial charge in [0.2, 0.25) is 0 Å². The number of rotatable bonds is 10. The van der Waals surface area contributed by atoms with E-state index in [1.165, 1.54) is 9.80 Å². The van der Waals surface area contributed by atoms with Gasteiger partial charge in [-0.15, -0.1) is 0 Å². The van der Waals surface area contributed by atoms with Crippen LogP contribution in [0.15, 0.2) is 12.1 Å². The summed E-state index contributed by atoms with van der Waals surface area (Å²) >= 11 is 0. The highest BCUT2D eigenvalue weighted by Gasteiger charge is 2.23. The molecule has 0 radical (unpaired) electrons. The molecule has 0 spiro atoms. The molecule has 0 aliphatic rings. The van der Waals surface area contributed by atoms with Crippen LogP contribution in [0.3, 0.4) is 0 Å². The topological polar surface area (TPSA) is 111 Å². The highest BCUT2D eigenvalue weighted by atomic mass is 16.3. The largest absolute Gasteiger partial charge is 0.507 e. The third-order valence-corrected chi connectivity index (χ3v) is 4.45. The van der Waals surface area contributed by atoms with E-state index in [1.807, 2.05) is 31.1 Å². The van der Waals surface area contributed by atoms with Crippen molar-refractivity contribution in [1.82, 2.24) is 14.7 Å². The third kappa shape index (κ3) is 7.00. The van der Waals surface area contributed by atoms with Gasteiger partial charge in [0.1, 0.15) is 30.7 Å². The van der Waals surface area contributed by atoms with Crippen LogP contribution in [0.5, 0.6) is 5.75 Å². The molecule has 0 fully saturated rings. The molecule has 1 aromatic carbocycles. The molecule has 8 nitrogen and oxygen atoms in total. The molecule has 0 amide bonds. The van der Waals surface area contributed by atoms with Crippen molar-refractivity contribution < 1.29 is 25.5 Å². The van der Waals surface area contributed by atoms with Crippen molar-refractivity contribution in [2.45, 2.75) is 72.2 Å². The van der Waals surface area contributed by atoms with Crippen LogP contribution in [0, 0.1) is 0 Å². The molecule has 4 atom stereocenters. The number of benzene rings is 1. The fraction of sp³-hybridized carbons (Fsp3) is 0.684. The molecule has 1 aromatic rings. The smallest absolute Gasteiger partial charge is 0.124 e. The van der Waals surface area contributed by atoms with Gasteiger partial charge in [-0.2, -0.15) is 0 Å². The number of aromatic hydroxyl groups is 1. The van der Waals surface area contributed by atoms with Gasteiger partial charge in [-0.25, -0.2) is 9.80 Å². The van der Waals surface area contributed by atoms with E-state index in [4.69, 9.17) is 0 Å². The highest BCUT2D eigenvalue weighted by Crippen LogP contribution is 2.29. The van der Waals surface area contributed by atoms with Gasteiger partial charge in [0.05, 0.1) is 0 Å². The van der Waals surface area contributed by atoms with Gasteiger partial charge in [0.25, 0.3) is 0 Å². The van der Waals surface area contributed by atoms with Crippen molar-refractivity contribution in [2.75, 3.05) is 14.1 Å². The molecule has 8 heteroatoms. The first-order valence-corrected chi connectivity index (χ1v) is 9.16. The van der Waals surface area contributed by atoms with Crippen molar-refractivity contribution in [3.05, 3.63) is 28.8 Å². The Balaban J connectivity index is 3.33. The summed E-state index contributed by atoms with van der Waals surface area (Å²) in [4.78, 5) is 4.88. The van der Waals surface area contributed by atoms with E-state index in [0.29, 0.717) is 17.7 Å². The van der Waals surface area contributed by atoms with Crippen LogP contribution in [0.2, 0.25) is 0 Å². The minimum Gasteiger partial charge on any atom is -0.507 e. The van der Waals surface area contributed by atoms with Crippen LogP contribution in [0.4, 0.5) is 0 Å². The van der Waals surface area contributed by atoms with Gasteiger partial charge >= 0.3 is 0 Å². The molecule has 1 rings (SSSR count). The predicted octanol–water partition coefficient (Wildman–Crippen LogP) is 0.411. The second-order valence-corrected chi connectivity index (χ2v) is 7.37. The fourth-order valence-corrected chi connectivity index (χ4v) is 3.08. The number of nitrogens with zero attached hydrogens (tertiary/aromatic N) is 3. The summed E-state index contributed by atoms with van der Waals surface area (Å²) in [7, 11) is 3.87. The summed E-state index contributed by atoms with van der Waals surface area (Å²) in [6.07, 6.45) is -3.57. The zero-order valence-corrected chi connectivity index (χ0v) is 17.2. The van der Waals surface area contributed by atoms with Crippen molar-refractivity contribution >= 4 is 0 Å². The van der Waals surface area contributed by atoms with Crippen molar-refractivity contribution in [3.63, 3.8) is 0 Å². The zero-order valence-electron chi connectivity index (χ0n) is 17.2. The Kier molecular flexibility index (Phi) is 9.10. The number of aliphatic hydroxyl groups is 4. The fourth-order valence-electron chi connectivity index (χ4n) is 3.08. The van der Waals surface area contributed by atoms with Crippen molar-refractivity contribution in [1.29, 1.82) is 0 Å². The average Bonchev–Trinajstić information content (AvgIpc) is 2.51. The Labute approximate surface area is 161 Å². The molecule has 0 saturated carbocycles. The van der Waals surface area contributed by atoms with E-state index in [1.54, 1.807) is 27.7 Å². The molecular weight excluding hydrogens is 350 g/mol. The van der Waals surface area contributed by atoms with E-state index in [9.17, 15) is 25.5 Å². The normalized spacial score (nSPS) is 16.8. The van der Waals surface area contributed by atoms with Crippen LogP contribution in [-0.2, 0) is 19.6 Å². The number of phenolic OH excluding ortho intramolecular Hbond substituents is 1. The van der Waals surface area contributed by atoms with Gasteiger partial charge < -0.3 is 30.4 Å². The number of aliphatic hydroxyl groups excluding tert-OH is 4. The summed E-state index contributed by atoms with van der Waals surface area (Å²) < 4.78 is 0. The Morgan fingerprint density at radius 2 is 1.04 bits per heavy atom. The molecule has 0 aliphatic carbocycles. The standard InChI is InChI=1S/C19H35N3O5/c1-12(23)21(13(2)24)10-17-7-16(9-20(5)6)8-18(19(17)27)11-22(14(3)25)15(4)26/h7-8,12-15,23-27H,9-11H2,1-6H3. The van der Waals surface area contributed by atoms with E-state index < -0.39 is 24.9 Å². The van der Waals surface area contributed by atoms with E-state index in [2.05, 4.69) is 0 Å².